The molecule has 0 atom stereocenters. The number of hydrazine groups is 1. The number of rotatable bonds is 6. The molecular weight excluding hydrogens is 256 g/mol. The molecule has 1 fully saturated rings. The fourth-order valence-corrected chi connectivity index (χ4v) is 1.92. The first-order chi connectivity index (χ1) is 9.60. The Labute approximate surface area is 118 Å². The highest BCUT2D eigenvalue weighted by Gasteiger charge is 2.22. The lowest BCUT2D eigenvalue weighted by atomic mass is 10.1. The van der Waals surface area contributed by atoms with Gasteiger partial charge in [-0.25, -0.2) is 0 Å². The molecule has 0 aromatic heterocycles. The summed E-state index contributed by atoms with van der Waals surface area (Å²) in [6, 6.07) is 5.61. The minimum Gasteiger partial charge on any atom is -0.353 e. The van der Waals surface area contributed by atoms with E-state index in [0.29, 0.717) is 24.6 Å². The molecule has 6 nitrogen and oxygen atoms in total. The van der Waals surface area contributed by atoms with Gasteiger partial charge in [0.25, 0.3) is 5.91 Å². The molecule has 6 heteroatoms. The van der Waals surface area contributed by atoms with E-state index in [0.717, 1.165) is 24.1 Å². The maximum Gasteiger partial charge on any atom is 0.251 e. The van der Waals surface area contributed by atoms with Crippen molar-refractivity contribution < 1.29 is 9.59 Å². The number of nitrogens with one attached hydrogen (secondary N) is 3. The van der Waals surface area contributed by atoms with Crippen LogP contribution in [-0.2, 0) is 4.79 Å². The van der Waals surface area contributed by atoms with Gasteiger partial charge in [-0.1, -0.05) is 0 Å². The van der Waals surface area contributed by atoms with Crippen molar-refractivity contribution in [3.8, 4) is 0 Å². The van der Waals surface area contributed by atoms with Gasteiger partial charge >= 0.3 is 0 Å². The van der Waals surface area contributed by atoms with Gasteiger partial charge in [0.2, 0.25) is 5.91 Å². The molecule has 0 bridgehead atoms. The van der Waals surface area contributed by atoms with E-state index in [-0.39, 0.29) is 11.8 Å². The van der Waals surface area contributed by atoms with Gasteiger partial charge in [0.1, 0.15) is 0 Å². The molecule has 1 aromatic carbocycles. The van der Waals surface area contributed by atoms with Crippen molar-refractivity contribution in [1.82, 2.24) is 10.6 Å². The van der Waals surface area contributed by atoms with Crippen molar-refractivity contribution in [2.75, 3.05) is 12.0 Å². The summed E-state index contributed by atoms with van der Waals surface area (Å²) in [5.41, 5.74) is 4.71. The minimum atomic E-state index is -0.176. The number of aryl methyl sites for hydroxylation is 1. The van der Waals surface area contributed by atoms with Crippen LogP contribution < -0.4 is 21.9 Å². The van der Waals surface area contributed by atoms with Gasteiger partial charge < -0.3 is 16.1 Å². The largest absolute Gasteiger partial charge is 0.353 e. The average molecular weight is 276 g/mol. The zero-order valence-electron chi connectivity index (χ0n) is 11.5. The number of nitrogens with two attached hydrogens (primary N) is 1. The minimum absolute atomic E-state index is 0.00722. The Morgan fingerprint density at radius 2 is 2.10 bits per heavy atom. The van der Waals surface area contributed by atoms with Gasteiger partial charge in [0.05, 0.1) is 0 Å². The summed E-state index contributed by atoms with van der Waals surface area (Å²) in [6.45, 7) is 2.18. The number of carbonyl (C=O) groups is 2. The maximum absolute atomic E-state index is 12.0. The fraction of sp³-hybridized carbons (Fsp3) is 0.429. The first-order valence-corrected chi connectivity index (χ1v) is 6.75. The summed E-state index contributed by atoms with van der Waals surface area (Å²) in [7, 11) is 0. The molecular formula is C14H20N4O2. The molecule has 108 valence electrons. The molecule has 1 aromatic rings. The van der Waals surface area contributed by atoms with Gasteiger partial charge in [-0.05, 0) is 43.5 Å². The monoisotopic (exact) mass is 276 g/mol. The van der Waals surface area contributed by atoms with Crippen LogP contribution >= 0.6 is 0 Å². The summed E-state index contributed by atoms with van der Waals surface area (Å²) >= 11 is 0. The van der Waals surface area contributed by atoms with Crippen LogP contribution in [0, 0.1) is 6.92 Å². The third-order valence-electron chi connectivity index (χ3n) is 3.22. The van der Waals surface area contributed by atoms with Gasteiger partial charge in [-0.3, -0.25) is 15.4 Å². The molecule has 1 aliphatic carbocycles. The molecule has 0 spiro atoms. The summed E-state index contributed by atoms with van der Waals surface area (Å²) in [5.74, 6) is 5.13. The highest BCUT2D eigenvalue weighted by atomic mass is 16.2. The van der Waals surface area contributed by atoms with Crippen molar-refractivity contribution in [2.45, 2.75) is 32.2 Å². The third-order valence-corrected chi connectivity index (χ3v) is 3.22. The third kappa shape index (κ3) is 3.96. The number of anilines is 1. The lowest BCUT2D eigenvalue weighted by Gasteiger charge is -2.09. The number of benzene rings is 1. The number of carbonyl (C=O) groups excluding carboxylic acids is 2. The lowest BCUT2D eigenvalue weighted by Crippen LogP contribution is -2.31. The molecule has 0 unspecified atom stereocenters. The second-order valence-corrected chi connectivity index (χ2v) is 5.02. The van der Waals surface area contributed by atoms with Crippen molar-refractivity contribution >= 4 is 17.5 Å². The summed E-state index contributed by atoms with van der Waals surface area (Å²) in [5, 5.41) is 5.63. The lowest BCUT2D eigenvalue weighted by molar-refractivity contribution is -0.121. The molecule has 5 N–H and O–H groups in total. The molecule has 2 rings (SSSR count). The number of nitrogen functional groups attached to an aromatic ring is 1. The van der Waals surface area contributed by atoms with Crippen molar-refractivity contribution in [3.63, 3.8) is 0 Å². The number of hydrogen-bond acceptors (Lipinski definition) is 4. The Hall–Kier alpha value is -2.08. The summed E-state index contributed by atoms with van der Waals surface area (Å²) < 4.78 is 0. The molecule has 0 aliphatic heterocycles. The molecule has 1 aliphatic rings. The predicted octanol–water partition coefficient (Wildman–Crippen LogP) is 0.679. The van der Waals surface area contributed by atoms with E-state index >= 15 is 0 Å². The van der Waals surface area contributed by atoms with E-state index in [1.807, 2.05) is 6.92 Å². The Morgan fingerprint density at radius 1 is 1.35 bits per heavy atom. The van der Waals surface area contributed by atoms with Crippen LogP contribution in [0.2, 0.25) is 0 Å². The molecule has 20 heavy (non-hydrogen) atoms. The standard InChI is InChI=1S/C14H20N4O2/c1-9-8-11(18-15)4-5-12(9)14(20)16-7-6-13(19)17-10-2-3-10/h4-5,8,10,18H,2-3,6-7,15H2,1H3,(H,16,20)(H,17,19). The Balaban J connectivity index is 1.80. The first kappa shape index (κ1) is 14.3. The van der Waals surface area contributed by atoms with Crippen molar-refractivity contribution in [2.24, 2.45) is 5.84 Å². The van der Waals surface area contributed by atoms with Crippen molar-refractivity contribution in [1.29, 1.82) is 0 Å². The quantitative estimate of drug-likeness (QED) is 0.454. The van der Waals surface area contributed by atoms with Crippen LogP contribution in [0.5, 0.6) is 0 Å². The Morgan fingerprint density at radius 3 is 2.70 bits per heavy atom. The second kappa shape index (κ2) is 6.38. The van der Waals surface area contributed by atoms with E-state index in [9.17, 15) is 9.59 Å². The van der Waals surface area contributed by atoms with Crippen LogP contribution in [0.15, 0.2) is 18.2 Å². The molecule has 0 radical (unpaired) electrons. The van der Waals surface area contributed by atoms with E-state index in [4.69, 9.17) is 5.84 Å². The van der Waals surface area contributed by atoms with E-state index in [1.54, 1.807) is 18.2 Å². The van der Waals surface area contributed by atoms with E-state index in [2.05, 4.69) is 16.1 Å². The highest BCUT2D eigenvalue weighted by Crippen LogP contribution is 2.18. The zero-order valence-corrected chi connectivity index (χ0v) is 11.5. The van der Waals surface area contributed by atoms with Crippen LogP contribution in [0.3, 0.4) is 0 Å². The van der Waals surface area contributed by atoms with Gasteiger partial charge in [0, 0.05) is 30.3 Å². The molecule has 1 saturated carbocycles. The van der Waals surface area contributed by atoms with E-state index < -0.39 is 0 Å². The van der Waals surface area contributed by atoms with Gasteiger partial charge in [0.15, 0.2) is 0 Å². The fourth-order valence-electron chi connectivity index (χ4n) is 1.92. The molecule has 0 heterocycles. The van der Waals surface area contributed by atoms with Crippen LogP contribution in [0.4, 0.5) is 5.69 Å². The Bertz CT molecular complexity index is 512. The van der Waals surface area contributed by atoms with Crippen LogP contribution in [-0.4, -0.2) is 24.4 Å². The topological polar surface area (TPSA) is 96.2 Å². The van der Waals surface area contributed by atoms with Crippen LogP contribution in [0.1, 0.15) is 35.2 Å². The Kier molecular flexibility index (Phi) is 4.57. The number of hydrogen-bond donors (Lipinski definition) is 4. The molecule has 0 saturated heterocycles. The maximum atomic E-state index is 12.0. The van der Waals surface area contributed by atoms with Gasteiger partial charge in [-0.2, -0.15) is 0 Å². The van der Waals surface area contributed by atoms with Crippen LogP contribution in [0.25, 0.3) is 0 Å². The number of amides is 2. The van der Waals surface area contributed by atoms with Crippen molar-refractivity contribution in [3.05, 3.63) is 29.3 Å². The SMILES string of the molecule is Cc1cc(NN)ccc1C(=O)NCCC(=O)NC1CC1. The zero-order chi connectivity index (χ0) is 14.5. The summed E-state index contributed by atoms with van der Waals surface area (Å²) in [4.78, 5) is 23.5. The van der Waals surface area contributed by atoms with Gasteiger partial charge in [-0.15, -0.1) is 0 Å². The summed E-state index contributed by atoms with van der Waals surface area (Å²) in [6.07, 6.45) is 2.45. The highest BCUT2D eigenvalue weighted by molar-refractivity contribution is 5.96. The average Bonchev–Trinajstić information content (AvgIpc) is 3.22. The normalized spacial score (nSPS) is 13.7. The first-order valence-electron chi connectivity index (χ1n) is 6.75. The second-order valence-electron chi connectivity index (χ2n) is 5.02. The molecule has 2 amide bonds. The van der Waals surface area contributed by atoms with E-state index in [1.165, 1.54) is 0 Å². The predicted molar refractivity (Wildman–Crippen MR) is 77.1 cm³/mol. The smallest absolute Gasteiger partial charge is 0.251 e.